The van der Waals surface area contributed by atoms with Crippen LogP contribution in [0.15, 0.2) is 18.2 Å². The van der Waals surface area contributed by atoms with Crippen LogP contribution in [0.1, 0.15) is 24.8 Å². The zero-order valence-electron chi connectivity index (χ0n) is 7.87. The van der Waals surface area contributed by atoms with E-state index >= 15 is 0 Å². The van der Waals surface area contributed by atoms with Crippen molar-refractivity contribution < 1.29 is 9.50 Å². The molecule has 14 heavy (non-hydrogen) atoms. The normalized spacial score (nSPS) is 31.3. The summed E-state index contributed by atoms with van der Waals surface area (Å²) >= 11 is 5.69. The van der Waals surface area contributed by atoms with Crippen molar-refractivity contribution in [3.05, 3.63) is 34.6 Å². The van der Waals surface area contributed by atoms with Crippen molar-refractivity contribution in [2.75, 3.05) is 0 Å². The van der Waals surface area contributed by atoms with Crippen molar-refractivity contribution in [3.8, 4) is 0 Å². The van der Waals surface area contributed by atoms with Crippen molar-refractivity contribution >= 4 is 11.6 Å². The molecule has 1 fully saturated rings. The standard InChI is InChI=1S/C11H12ClFO/c1-6-8(5-11(6)14)7-2-3-10(13)9(12)4-7/h2-4,6,8,11,14H,5H2,1H3. The largest absolute Gasteiger partial charge is 0.393 e. The predicted octanol–water partition coefficient (Wildman–Crippen LogP) is 2.96. The highest BCUT2D eigenvalue weighted by atomic mass is 35.5. The number of aliphatic hydroxyl groups excluding tert-OH is 1. The smallest absolute Gasteiger partial charge is 0.141 e. The van der Waals surface area contributed by atoms with Gasteiger partial charge in [-0.15, -0.1) is 0 Å². The minimum Gasteiger partial charge on any atom is -0.393 e. The molecule has 2 rings (SSSR count). The van der Waals surface area contributed by atoms with Crippen LogP contribution in [0.3, 0.4) is 0 Å². The Morgan fingerprint density at radius 2 is 2.21 bits per heavy atom. The first-order chi connectivity index (χ1) is 6.59. The minimum atomic E-state index is -0.386. The second-order valence-electron chi connectivity index (χ2n) is 3.94. The van der Waals surface area contributed by atoms with Crippen molar-refractivity contribution in [2.24, 2.45) is 5.92 Å². The molecule has 0 amide bonds. The molecule has 1 saturated carbocycles. The number of halogens is 2. The van der Waals surface area contributed by atoms with Gasteiger partial charge in [-0.05, 0) is 36.0 Å². The van der Waals surface area contributed by atoms with Crippen LogP contribution < -0.4 is 0 Å². The highest BCUT2D eigenvalue weighted by molar-refractivity contribution is 6.30. The van der Waals surface area contributed by atoms with Gasteiger partial charge in [-0.1, -0.05) is 24.6 Å². The van der Waals surface area contributed by atoms with Crippen LogP contribution in [-0.2, 0) is 0 Å². The van der Waals surface area contributed by atoms with Crippen molar-refractivity contribution in [2.45, 2.75) is 25.4 Å². The SMILES string of the molecule is CC1C(O)CC1c1ccc(F)c(Cl)c1. The number of hydrogen-bond donors (Lipinski definition) is 1. The molecule has 76 valence electrons. The summed E-state index contributed by atoms with van der Waals surface area (Å²) in [4.78, 5) is 0. The maximum atomic E-state index is 12.9. The molecule has 0 aliphatic heterocycles. The first kappa shape index (κ1) is 9.94. The quantitative estimate of drug-likeness (QED) is 0.762. The molecule has 1 N–H and O–H groups in total. The zero-order valence-corrected chi connectivity index (χ0v) is 8.63. The summed E-state index contributed by atoms with van der Waals surface area (Å²) < 4.78 is 12.9. The summed E-state index contributed by atoms with van der Waals surface area (Å²) in [7, 11) is 0. The Bertz CT molecular complexity index is 353. The first-order valence-electron chi connectivity index (χ1n) is 4.72. The molecule has 0 bridgehead atoms. The first-order valence-corrected chi connectivity index (χ1v) is 5.10. The van der Waals surface area contributed by atoms with Crippen LogP contribution >= 0.6 is 11.6 Å². The van der Waals surface area contributed by atoms with Gasteiger partial charge in [0.2, 0.25) is 0 Å². The van der Waals surface area contributed by atoms with Crippen LogP contribution in [0.2, 0.25) is 5.02 Å². The third-order valence-corrected chi connectivity index (χ3v) is 3.40. The molecule has 1 aliphatic carbocycles. The lowest BCUT2D eigenvalue weighted by atomic mass is 9.69. The molecular formula is C11H12ClFO. The third kappa shape index (κ3) is 1.53. The van der Waals surface area contributed by atoms with Gasteiger partial charge >= 0.3 is 0 Å². The molecule has 0 heterocycles. The van der Waals surface area contributed by atoms with Crippen LogP contribution in [0.25, 0.3) is 0 Å². The van der Waals surface area contributed by atoms with Gasteiger partial charge in [0.05, 0.1) is 11.1 Å². The Labute approximate surface area is 87.5 Å². The van der Waals surface area contributed by atoms with E-state index in [1.165, 1.54) is 6.07 Å². The number of hydrogen-bond acceptors (Lipinski definition) is 1. The van der Waals surface area contributed by atoms with E-state index in [4.69, 9.17) is 11.6 Å². The lowest BCUT2D eigenvalue weighted by Gasteiger charge is -2.39. The maximum Gasteiger partial charge on any atom is 0.141 e. The number of rotatable bonds is 1. The van der Waals surface area contributed by atoms with Crippen molar-refractivity contribution in [3.63, 3.8) is 0 Å². The molecular weight excluding hydrogens is 203 g/mol. The molecule has 0 radical (unpaired) electrons. The van der Waals surface area contributed by atoms with Gasteiger partial charge < -0.3 is 5.11 Å². The van der Waals surface area contributed by atoms with Gasteiger partial charge in [-0.2, -0.15) is 0 Å². The monoisotopic (exact) mass is 214 g/mol. The van der Waals surface area contributed by atoms with Gasteiger partial charge in [-0.25, -0.2) is 4.39 Å². The molecule has 0 saturated heterocycles. The van der Waals surface area contributed by atoms with Gasteiger partial charge in [0.25, 0.3) is 0 Å². The second kappa shape index (κ2) is 3.52. The molecule has 3 heteroatoms. The Balaban J connectivity index is 2.22. The fraction of sp³-hybridized carbons (Fsp3) is 0.455. The molecule has 1 aromatic carbocycles. The third-order valence-electron chi connectivity index (χ3n) is 3.11. The lowest BCUT2D eigenvalue weighted by molar-refractivity contribution is 0.0117. The maximum absolute atomic E-state index is 12.9. The molecule has 0 aromatic heterocycles. The fourth-order valence-corrected chi connectivity index (χ4v) is 2.13. The summed E-state index contributed by atoms with van der Waals surface area (Å²) in [5.74, 6) is 0.183. The molecule has 1 aliphatic rings. The van der Waals surface area contributed by atoms with E-state index in [2.05, 4.69) is 0 Å². The van der Waals surface area contributed by atoms with Gasteiger partial charge in [-0.3, -0.25) is 0 Å². The topological polar surface area (TPSA) is 20.2 Å². The van der Waals surface area contributed by atoms with E-state index in [9.17, 15) is 9.50 Å². The minimum absolute atomic E-state index is 0.163. The van der Waals surface area contributed by atoms with Gasteiger partial charge in [0, 0.05) is 0 Å². The summed E-state index contributed by atoms with van der Waals surface area (Å²) in [5, 5.41) is 9.53. The average Bonchev–Trinajstić information content (AvgIpc) is 2.18. The Hall–Kier alpha value is -0.600. The number of benzene rings is 1. The van der Waals surface area contributed by atoms with Gasteiger partial charge in [0.1, 0.15) is 5.82 Å². The fourth-order valence-electron chi connectivity index (χ4n) is 1.94. The van der Waals surface area contributed by atoms with Crippen LogP contribution in [0.4, 0.5) is 4.39 Å². The van der Waals surface area contributed by atoms with Crippen molar-refractivity contribution in [1.82, 2.24) is 0 Å². The highest BCUT2D eigenvalue weighted by Crippen LogP contribution is 2.42. The van der Waals surface area contributed by atoms with E-state index in [1.807, 2.05) is 6.92 Å². The van der Waals surface area contributed by atoms with E-state index < -0.39 is 0 Å². The average molecular weight is 215 g/mol. The van der Waals surface area contributed by atoms with Crippen molar-refractivity contribution in [1.29, 1.82) is 0 Å². The molecule has 3 unspecified atom stereocenters. The summed E-state index contributed by atoms with van der Waals surface area (Å²) in [6.07, 6.45) is 0.534. The Kier molecular flexibility index (Phi) is 2.50. The molecule has 3 atom stereocenters. The van der Waals surface area contributed by atoms with E-state index in [-0.39, 0.29) is 22.9 Å². The lowest BCUT2D eigenvalue weighted by Crippen LogP contribution is -2.37. The molecule has 1 aromatic rings. The zero-order chi connectivity index (χ0) is 10.3. The highest BCUT2D eigenvalue weighted by Gasteiger charge is 2.37. The van der Waals surface area contributed by atoms with Crippen LogP contribution in [0.5, 0.6) is 0 Å². The summed E-state index contributed by atoms with van der Waals surface area (Å²) in [6, 6.07) is 4.79. The van der Waals surface area contributed by atoms with E-state index in [0.717, 1.165) is 12.0 Å². The predicted molar refractivity (Wildman–Crippen MR) is 53.9 cm³/mol. The Morgan fingerprint density at radius 1 is 1.50 bits per heavy atom. The van der Waals surface area contributed by atoms with E-state index in [0.29, 0.717) is 5.92 Å². The Morgan fingerprint density at radius 3 is 2.71 bits per heavy atom. The molecule has 1 nitrogen and oxygen atoms in total. The van der Waals surface area contributed by atoms with E-state index in [1.54, 1.807) is 12.1 Å². The molecule has 0 spiro atoms. The van der Waals surface area contributed by atoms with Crippen LogP contribution in [-0.4, -0.2) is 11.2 Å². The number of aliphatic hydroxyl groups is 1. The summed E-state index contributed by atoms with van der Waals surface area (Å²) in [6.45, 7) is 2.00. The second-order valence-corrected chi connectivity index (χ2v) is 4.35. The van der Waals surface area contributed by atoms with Crippen LogP contribution in [0, 0.1) is 11.7 Å². The van der Waals surface area contributed by atoms with Gasteiger partial charge in [0.15, 0.2) is 0 Å². The summed E-state index contributed by atoms with van der Waals surface area (Å²) in [5.41, 5.74) is 1.02.